The van der Waals surface area contributed by atoms with Gasteiger partial charge in [-0.25, -0.2) is 9.59 Å². The number of rotatable bonds is 2. The summed E-state index contributed by atoms with van der Waals surface area (Å²) in [5, 5.41) is 0. The van der Waals surface area contributed by atoms with E-state index >= 15 is 0 Å². The summed E-state index contributed by atoms with van der Waals surface area (Å²) in [7, 11) is 0. The molecule has 0 spiro atoms. The first-order chi connectivity index (χ1) is 12.2. The first kappa shape index (κ1) is 19.8. The number of hydrogen-bond donors (Lipinski definition) is 0. The van der Waals surface area contributed by atoms with Crippen molar-refractivity contribution in [2.24, 2.45) is 5.92 Å². The molecule has 1 amide bonds. The van der Waals surface area contributed by atoms with Crippen molar-refractivity contribution >= 4 is 12.1 Å². The van der Waals surface area contributed by atoms with E-state index in [1.54, 1.807) is 11.8 Å². The fourth-order valence-corrected chi connectivity index (χ4v) is 2.69. The molecule has 0 saturated carbocycles. The van der Waals surface area contributed by atoms with Gasteiger partial charge in [-0.2, -0.15) is 4.98 Å². The van der Waals surface area contributed by atoms with E-state index in [1.807, 2.05) is 27.7 Å². The number of piperidine rings is 1. The van der Waals surface area contributed by atoms with Crippen LogP contribution in [0.25, 0.3) is 0 Å². The highest BCUT2D eigenvalue weighted by Gasteiger charge is 2.31. The van der Waals surface area contributed by atoms with E-state index in [1.165, 1.54) is 6.26 Å². The molecule has 1 aliphatic rings. The summed E-state index contributed by atoms with van der Waals surface area (Å²) in [5.74, 6) is 5.78. The van der Waals surface area contributed by atoms with Crippen LogP contribution in [0.4, 0.5) is 4.79 Å². The first-order valence-corrected chi connectivity index (χ1v) is 8.83. The van der Waals surface area contributed by atoms with Gasteiger partial charge in [0.1, 0.15) is 11.9 Å². The van der Waals surface area contributed by atoms with Crippen LogP contribution >= 0.6 is 0 Å². The van der Waals surface area contributed by atoms with Gasteiger partial charge in [0.2, 0.25) is 0 Å². The molecule has 0 aromatic carbocycles. The number of carbonyl (C=O) groups is 2. The summed E-state index contributed by atoms with van der Waals surface area (Å²) in [6.45, 7) is 10.2. The van der Waals surface area contributed by atoms with Crippen LogP contribution in [0.2, 0.25) is 0 Å². The Kier molecular flexibility index (Phi) is 6.30. The lowest BCUT2D eigenvalue weighted by atomic mass is 9.92. The van der Waals surface area contributed by atoms with Gasteiger partial charge in [-0.05, 0) is 53.4 Å². The van der Waals surface area contributed by atoms with Gasteiger partial charge < -0.3 is 18.8 Å². The second-order valence-electron chi connectivity index (χ2n) is 7.27. The van der Waals surface area contributed by atoms with Crippen molar-refractivity contribution in [1.29, 1.82) is 0 Å². The second kappa shape index (κ2) is 8.26. The standard InChI is InChI=1S/C19H26N2O5/c1-6-24-17(22)15-12-25-16(20-15)8-7-14-9-10-21(13(2)11-14)18(23)26-19(3,4)5/h12-14H,6,9-11H2,1-5H3. The van der Waals surface area contributed by atoms with Gasteiger partial charge in [-0.1, -0.05) is 5.92 Å². The Balaban J connectivity index is 1.93. The van der Waals surface area contributed by atoms with Crippen molar-refractivity contribution in [3.05, 3.63) is 17.8 Å². The van der Waals surface area contributed by atoms with Crippen molar-refractivity contribution < 1.29 is 23.5 Å². The average molecular weight is 362 g/mol. The predicted molar refractivity (Wildman–Crippen MR) is 94.5 cm³/mol. The largest absolute Gasteiger partial charge is 0.461 e. The third-order valence-corrected chi connectivity index (χ3v) is 3.88. The summed E-state index contributed by atoms with van der Waals surface area (Å²) >= 11 is 0. The van der Waals surface area contributed by atoms with Gasteiger partial charge in [-0.15, -0.1) is 0 Å². The number of nitrogens with zero attached hydrogens (tertiary/aromatic N) is 2. The van der Waals surface area contributed by atoms with E-state index in [4.69, 9.17) is 13.9 Å². The van der Waals surface area contributed by atoms with Crippen molar-refractivity contribution in [3.8, 4) is 11.8 Å². The molecule has 0 aliphatic carbocycles. The SMILES string of the molecule is CCOC(=O)c1coc(C#CC2CCN(C(=O)OC(C)(C)C)C(C)C2)n1. The molecule has 26 heavy (non-hydrogen) atoms. The zero-order chi connectivity index (χ0) is 19.3. The zero-order valence-corrected chi connectivity index (χ0v) is 16.0. The monoisotopic (exact) mass is 362 g/mol. The second-order valence-corrected chi connectivity index (χ2v) is 7.27. The van der Waals surface area contributed by atoms with Gasteiger partial charge in [-0.3, -0.25) is 0 Å². The molecule has 2 heterocycles. The Hall–Kier alpha value is -2.49. The zero-order valence-electron chi connectivity index (χ0n) is 16.0. The van der Waals surface area contributed by atoms with Gasteiger partial charge in [0, 0.05) is 18.5 Å². The number of ether oxygens (including phenoxy) is 2. The molecule has 7 heteroatoms. The fraction of sp³-hybridized carbons (Fsp3) is 0.632. The molecule has 2 rings (SSSR count). The average Bonchev–Trinajstić information content (AvgIpc) is 3.00. The number of oxazole rings is 1. The Morgan fingerprint density at radius 1 is 1.42 bits per heavy atom. The Labute approximate surface area is 154 Å². The third kappa shape index (κ3) is 5.51. The minimum absolute atomic E-state index is 0.0394. The predicted octanol–water partition coefficient (Wildman–Crippen LogP) is 3.24. The van der Waals surface area contributed by atoms with Crippen LogP contribution in [0.1, 0.15) is 63.8 Å². The molecule has 1 aromatic rings. The van der Waals surface area contributed by atoms with Gasteiger partial charge >= 0.3 is 12.1 Å². The number of likely N-dealkylation sites (tertiary alicyclic amines) is 1. The van der Waals surface area contributed by atoms with Crippen molar-refractivity contribution in [1.82, 2.24) is 9.88 Å². The van der Waals surface area contributed by atoms with Gasteiger partial charge in [0.05, 0.1) is 6.61 Å². The maximum absolute atomic E-state index is 12.2. The minimum atomic E-state index is -0.524. The summed E-state index contributed by atoms with van der Waals surface area (Å²) in [6.07, 6.45) is 2.46. The van der Waals surface area contributed by atoms with Crippen LogP contribution in [0.5, 0.6) is 0 Å². The molecule has 0 radical (unpaired) electrons. The number of aromatic nitrogens is 1. The normalized spacial score (nSPS) is 20.1. The maximum Gasteiger partial charge on any atom is 0.410 e. The molecule has 2 unspecified atom stereocenters. The van der Waals surface area contributed by atoms with E-state index in [-0.39, 0.29) is 36.2 Å². The fourth-order valence-electron chi connectivity index (χ4n) is 2.69. The van der Waals surface area contributed by atoms with Crippen LogP contribution < -0.4 is 0 Å². The van der Waals surface area contributed by atoms with Crippen molar-refractivity contribution in [2.45, 2.75) is 59.1 Å². The highest BCUT2D eigenvalue weighted by atomic mass is 16.6. The lowest BCUT2D eigenvalue weighted by Crippen LogP contribution is -2.46. The molecule has 142 valence electrons. The van der Waals surface area contributed by atoms with Gasteiger partial charge in [0.15, 0.2) is 5.69 Å². The number of carbonyl (C=O) groups excluding carboxylic acids is 2. The first-order valence-electron chi connectivity index (χ1n) is 8.83. The van der Waals surface area contributed by atoms with Crippen molar-refractivity contribution in [2.75, 3.05) is 13.2 Å². The minimum Gasteiger partial charge on any atom is -0.461 e. The Morgan fingerprint density at radius 3 is 2.77 bits per heavy atom. The summed E-state index contributed by atoms with van der Waals surface area (Å²) in [4.78, 5) is 29.6. The van der Waals surface area contributed by atoms with Crippen molar-refractivity contribution in [3.63, 3.8) is 0 Å². The number of hydrogen-bond acceptors (Lipinski definition) is 6. The number of amides is 1. The smallest absolute Gasteiger partial charge is 0.410 e. The molecular weight excluding hydrogens is 336 g/mol. The van der Waals surface area contributed by atoms with E-state index in [9.17, 15) is 9.59 Å². The lowest BCUT2D eigenvalue weighted by Gasteiger charge is -2.36. The molecule has 2 atom stereocenters. The molecule has 1 aliphatic heterocycles. The Morgan fingerprint density at radius 2 is 2.15 bits per heavy atom. The quantitative estimate of drug-likeness (QED) is 0.593. The molecule has 1 saturated heterocycles. The van der Waals surface area contributed by atoms with Gasteiger partial charge in [0.25, 0.3) is 5.89 Å². The molecule has 0 N–H and O–H groups in total. The van der Waals surface area contributed by atoms with Crippen LogP contribution in [-0.2, 0) is 9.47 Å². The molecule has 7 nitrogen and oxygen atoms in total. The maximum atomic E-state index is 12.2. The van der Waals surface area contributed by atoms with E-state index in [0.717, 1.165) is 12.8 Å². The van der Waals surface area contributed by atoms with Crippen LogP contribution in [0.3, 0.4) is 0 Å². The van der Waals surface area contributed by atoms with Crippen LogP contribution in [0.15, 0.2) is 10.7 Å². The summed E-state index contributed by atoms with van der Waals surface area (Å²) in [6, 6.07) is 0.0394. The Bertz CT molecular complexity index is 707. The van der Waals surface area contributed by atoms with E-state index < -0.39 is 11.6 Å². The van der Waals surface area contributed by atoms with E-state index in [2.05, 4.69) is 16.8 Å². The third-order valence-electron chi connectivity index (χ3n) is 3.88. The summed E-state index contributed by atoms with van der Waals surface area (Å²) < 4.78 is 15.5. The molecular formula is C19H26N2O5. The van der Waals surface area contributed by atoms with E-state index in [0.29, 0.717) is 6.54 Å². The highest BCUT2D eigenvalue weighted by molar-refractivity contribution is 5.86. The molecule has 1 fully saturated rings. The number of esters is 1. The lowest BCUT2D eigenvalue weighted by molar-refractivity contribution is 0.00952. The molecule has 0 bridgehead atoms. The highest BCUT2D eigenvalue weighted by Crippen LogP contribution is 2.24. The van der Waals surface area contributed by atoms with Crippen LogP contribution in [0, 0.1) is 17.8 Å². The summed E-state index contributed by atoms with van der Waals surface area (Å²) in [5.41, 5.74) is -0.390. The van der Waals surface area contributed by atoms with Crippen LogP contribution in [-0.4, -0.2) is 46.7 Å². The molecule has 1 aromatic heterocycles. The topological polar surface area (TPSA) is 81.9 Å².